The van der Waals surface area contributed by atoms with E-state index in [1.165, 1.54) is 0 Å². The molecule has 0 heterocycles. The number of carboxylic acid groups (broad SMARTS) is 1. The smallest absolute Gasteiger partial charge is 0.311 e. The average molecular weight is 337 g/mol. The first-order valence-corrected chi connectivity index (χ1v) is 6.23. The monoisotopic (exact) mass is 336 g/mol. The molecule has 0 saturated heterocycles. The molecule has 0 aliphatic heterocycles. The van der Waals surface area contributed by atoms with Crippen LogP contribution in [0.4, 0.5) is 0 Å². The van der Waals surface area contributed by atoms with Crippen molar-refractivity contribution in [2.24, 2.45) is 5.92 Å². The van der Waals surface area contributed by atoms with Crippen LogP contribution in [0.1, 0.15) is 24.3 Å². The van der Waals surface area contributed by atoms with Crippen molar-refractivity contribution < 1.29 is 9.90 Å². The molecule has 1 aromatic carbocycles. The van der Waals surface area contributed by atoms with E-state index < -0.39 is 5.97 Å². The van der Waals surface area contributed by atoms with E-state index in [9.17, 15) is 9.90 Å². The Morgan fingerprint density at radius 1 is 1.53 bits per heavy atom. The van der Waals surface area contributed by atoms with Crippen molar-refractivity contribution in [3.8, 4) is 0 Å². The third kappa shape index (κ3) is 2.45. The molecule has 1 aromatic rings. The molecular weight excluding hydrogens is 326 g/mol. The van der Waals surface area contributed by atoms with Gasteiger partial charge in [0.15, 0.2) is 0 Å². The summed E-state index contributed by atoms with van der Waals surface area (Å²) < 4.78 is 0.983. The fourth-order valence-corrected chi connectivity index (χ4v) is 2.62. The summed E-state index contributed by atoms with van der Waals surface area (Å²) in [5.74, 6) is -0.817. The summed E-state index contributed by atoms with van der Waals surface area (Å²) in [6.45, 7) is 0. The first-order valence-electron chi connectivity index (χ1n) is 4.77. The highest BCUT2D eigenvalue weighted by Gasteiger charge is 2.38. The molecule has 0 bridgehead atoms. The van der Waals surface area contributed by atoms with Gasteiger partial charge in [-0.2, -0.15) is 0 Å². The predicted octanol–water partition coefficient (Wildman–Crippen LogP) is 3.52. The molecular formula is C11H10ClIO2. The van der Waals surface area contributed by atoms with E-state index in [0.717, 1.165) is 22.0 Å². The predicted molar refractivity (Wildman–Crippen MR) is 67.3 cm³/mol. The maximum atomic E-state index is 11.2. The molecule has 0 aromatic heterocycles. The lowest BCUT2D eigenvalue weighted by Crippen LogP contribution is -2.14. The zero-order valence-electron chi connectivity index (χ0n) is 7.91. The van der Waals surface area contributed by atoms with Gasteiger partial charge in [0.05, 0.1) is 5.92 Å². The average Bonchev–Trinajstić information content (AvgIpc) is 2.95. The minimum Gasteiger partial charge on any atom is -0.481 e. The first kappa shape index (κ1) is 11.2. The minimum absolute atomic E-state index is 0.300. The Labute approximate surface area is 107 Å². The van der Waals surface area contributed by atoms with Gasteiger partial charge in [0, 0.05) is 8.59 Å². The van der Waals surface area contributed by atoms with Gasteiger partial charge in [0.25, 0.3) is 0 Å². The maximum Gasteiger partial charge on any atom is 0.311 e. The van der Waals surface area contributed by atoms with Gasteiger partial charge >= 0.3 is 5.97 Å². The van der Waals surface area contributed by atoms with Crippen LogP contribution in [-0.2, 0) is 4.79 Å². The Balaban J connectivity index is 2.40. The summed E-state index contributed by atoms with van der Waals surface area (Å²) in [6.07, 6.45) is 2.03. The Bertz CT molecular complexity index is 402. The number of hydrogen-bond donors (Lipinski definition) is 1. The second kappa shape index (κ2) is 4.29. The lowest BCUT2D eigenvalue weighted by atomic mass is 9.94. The van der Waals surface area contributed by atoms with Crippen LogP contribution in [-0.4, -0.2) is 11.1 Å². The van der Waals surface area contributed by atoms with Crippen LogP contribution in [0.3, 0.4) is 0 Å². The number of halogens is 2. The van der Waals surface area contributed by atoms with Crippen molar-refractivity contribution in [3.05, 3.63) is 32.4 Å². The second-order valence-electron chi connectivity index (χ2n) is 3.82. The Kier molecular flexibility index (Phi) is 3.21. The molecule has 2 rings (SSSR count). The summed E-state index contributed by atoms with van der Waals surface area (Å²) in [7, 11) is 0. The summed E-state index contributed by atoms with van der Waals surface area (Å²) >= 11 is 8.06. The molecule has 1 fully saturated rings. The van der Waals surface area contributed by atoms with E-state index in [-0.39, 0.29) is 5.92 Å². The van der Waals surface area contributed by atoms with Gasteiger partial charge in [-0.05, 0) is 65.1 Å². The van der Waals surface area contributed by atoms with Crippen LogP contribution in [0, 0.1) is 9.49 Å². The highest BCUT2D eigenvalue weighted by molar-refractivity contribution is 14.1. The van der Waals surface area contributed by atoms with Gasteiger partial charge in [-0.25, -0.2) is 0 Å². The molecule has 1 aliphatic rings. The standard InChI is InChI=1S/C11H10ClIO2/c12-7-3-4-9(13)8(5-7)10(11(14)15)6-1-2-6/h3-6,10H,1-2H2,(H,14,15). The SMILES string of the molecule is O=C(O)C(c1cc(Cl)ccc1I)C1CC1. The molecule has 0 radical (unpaired) electrons. The van der Waals surface area contributed by atoms with Gasteiger partial charge in [-0.15, -0.1) is 0 Å². The molecule has 0 spiro atoms. The van der Waals surface area contributed by atoms with Crippen molar-refractivity contribution >= 4 is 40.2 Å². The third-order valence-electron chi connectivity index (χ3n) is 2.65. The van der Waals surface area contributed by atoms with Gasteiger partial charge in [0.1, 0.15) is 0 Å². The van der Waals surface area contributed by atoms with Gasteiger partial charge < -0.3 is 5.11 Å². The zero-order valence-corrected chi connectivity index (χ0v) is 10.8. The highest BCUT2D eigenvalue weighted by Crippen LogP contribution is 2.44. The normalized spacial score (nSPS) is 17.5. The zero-order chi connectivity index (χ0) is 11.0. The summed E-state index contributed by atoms with van der Waals surface area (Å²) in [5.41, 5.74) is 0.859. The fraction of sp³-hybridized carbons (Fsp3) is 0.364. The van der Waals surface area contributed by atoms with Crippen LogP contribution >= 0.6 is 34.2 Å². The number of rotatable bonds is 3. The van der Waals surface area contributed by atoms with Crippen molar-refractivity contribution in [2.45, 2.75) is 18.8 Å². The number of carbonyl (C=O) groups is 1. The van der Waals surface area contributed by atoms with E-state index >= 15 is 0 Å². The van der Waals surface area contributed by atoms with Crippen LogP contribution in [0.2, 0.25) is 5.02 Å². The lowest BCUT2D eigenvalue weighted by Gasteiger charge is -2.13. The number of benzene rings is 1. The number of aliphatic carboxylic acids is 1. The molecule has 4 heteroatoms. The molecule has 2 nitrogen and oxygen atoms in total. The van der Waals surface area contributed by atoms with Crippen LogP contribution in [0.15, 0.2) is 18.2 Å². The topological polar surface area (TPSA) is 37.3 Å². The number of hydrogen-bond acceptors (Lipinski definition) is 1. The van der Waals surface area contributed by atoms with E-state index in [2.05, 4.69) is 22.6 Å². The van der Waals surface area contributed by atoms with Gasteiger partial charge in [-0.3, -0.25) is 4.79 Å². The summed E-state index contributed by atoms with van der Waals surface area (Å²) in [6, 6.07) is 5.44. The van der Waals surface area contributed by atoms with Crippen molar-refractivity contribution in [2.75, 3.05) is 0 Å². The van der Waals surface area contributed by atoms with E-state index in [0.29, 0.717) is 10.9 Å². The molecule has 1 unspecified atom stereocenters. The minimum atomic E-state index is -0.738. The maximum absolute atomic E-state index is 11.2. The summed E-state index contributed by atoms with van der Waals surface area (Å²) in [4.78, 5) is 11.2. The van der Waals surface area contributed by atoms with Crippen molar-refractivity contribution in [1.29, 1.82) is 0 Å². The Morgan fingerprint density at radius 3 is 2.73 bits per heavy atom. The third-order valence-corrected chi connectivity index (χ3v) is 3.87. The molecule has 80 valence electrons. The molecule has 1 atom stereocenters. The van der Waals surface area contributed by atoms with Gasteiger partial charge in [-0.1, -0.05) is 11.6 Å². The second-order valence-corrected chi connectivity index (χ2v) is 5.42. The van der Waals surface area contributed by atoms with Crippen molar-refractivity contribution in [3.63, 3.8) is 0 Å². The summed E-state index contributed by atoms with van der Waals surface area (Å²) in [5, 5.41) is 9.81. The lowest BCUT2D eigenvalue weighted by molar-refractivity contribution is -0.139. The largest absolute Gasteiger partial charge is 0.481 e. The van der Waals surface area contributed by atoms with E-state index in [1.54, 1.807) is 12.1 Å². The van der Waals surface area contributed by atoms with Crippen LogP contribution in [0.25, 0.3) is 0 Å². The fourth-order valence-electron chi connectivity index (χ4n) is 1.77. The molecule has 1 N–H and O–H groups in total. The molecule has 1 saturated carbocycles. The molecule has 1 aliphatic carbocycles. The number of carboxylic acids is 1. The van der Waals surface area contributed by atoms with E-state index in [4.69, 9.17) is 11.6 Å². The van der Waals surface area contributed by atoms with Crippen LogP contribution < -0.4 is 0 Å². The van der Waals surface area contributed by atoms with Gasteiger partial charge in [0.2, 0.25) is 0 Å². The quantitative estimate of drug-likeness (QED) is 0.858. The van der Waals surface area contributed by atoms with Crippen molar-refractivity contribution in [1.82, 2.24) is 0 Å². The highest BCUT2D eigenvalue weighted by atomic mass is 127. The first-order chi connectivity index (χ1) is 7.09. The molecule has 0 amide bonds. The Hall–Kier alpha value is -0.290. The van der Waals surface area contributed by atoms with Crippen LogP contribution in [0.5, 0.6) is 0 Å². The van der Waals surface area contributed by atoms with E-state index in [1.807, 2.05) is 6.07 Å². The Morgan fingerprint density at radius 2 is 2.20 bits per heavy atom. The molecule has 15 heavy (non-hydrogen) atoms.